The van der Waals surface area contributed by atoms with Crippen molar-refractivity contribution in [1.29, 1.82) is 0 Å². The van der Waals surface area contributed by atoms with Gasteiger partial charge in [0, 0.05) is 34.5 Å². The highest BCUT2D eigenvalue weighted by Crippen LogP contribution is 2.70. The quantitative estimate of drug-likeness (QED) is 0.309. The van der Waals surface area contributed by atoms with E-state index >= 15 is 0 Å². The number of alkyl halides is 1. The molecule has 41 heavy (non-hydrogen) atoms. The zero-order chi connectivity index (χ0) is 27.7. The Bertz CT molecular complexity index is 1520. The van der Waals surface area contributed by atoms with Crippen LogP contribution in [-0.2, 0) is 15.6 Å². The van der Waals surface area contributed by atoms with Crippen LogP contribution in [0.5, 0.6) is 0 Å². The first-order valence-electron chi connectivity index (χ1n) is 15.5. The molecule has 4 bridgehead atoms. The molecule has 0 aliphatic heterocycles. The van der Waals surface area contributed by atoms with Crippen LogP contribution >= 0.6 is 0 Å². The van der Waals surface area contributed by atoms with Gasteiger partial charge < -0.3 is 13.8 Å². The highest BCUT2D eigenvalue weighted by molar-refractivity contribution is 6.00. The number of aromatic nitrogens is 4. The van der Waals surface area contributed by atoms with Crippen LogP contribution in [-0.4, -0.2) is 38.5 Å². The van der Waals surface area contributed by atoms with Crippen molar-refractivity contribution in [2.45, 2.75) is 113 Å². The average molecular weight is 558 g/mol. The fraction of sp³-hybridized carbons (Fsp3) is 0.656. The molecule has 0 spiro atoms. The van der Waals surface area contributed by atoms with Gasteiger partial charge in [-0.3, -0.25) is 4.79 Å². The second-order valence-electron chi connectivity index (χ2n) is 14.9. The maximum Gasteiger partial charge on any atom is 0.247 e. The predicted octanol–water partition coefficient (Wildman–Crippen LogP) is 6.57. The van der Waals surface area contributed by atoms with Gasteiger partial charge in [0.2, 0.25) is 23.6 Å². The van der Waals surface area contributed by atoms with Crippen LogP contribution in [0.15, 0.2) is 33.2 Å². The van der Waals surface area contributed by atoms with Crippen LogP contribution in [0.25, 0.3) is 11.5 Å². The average Bonchev–Trinajstić information content (AvgIpc) is 3.83. The van der Waals surface area contributed by atoms with Gasteiger partial charge in [-0.1, -0.05) is 18.1 Å². The third-order valence-corrected chi connectivity index (χ3v) is 11.7. The molecule has 2 heterocycles. The number of anilines is 1. The van der Waals surface area contributed by atoms with E-state index in [0.29, 0.717) is 43.5 Å². The largest absolute Gasteiger partial charge is 0.420 e. The lowest BCUT2D eigenvalue weighted by Crippen LogP contribution is -2.71. The number of fused-ring (bicyclic) bond motifs is 3. The summed E-state index contributed by atoms with van der Waals surface area (Å²) in [5.41, 5.74) is 0.0794. The van der Waals surface area contributed by atoms with E-state index < -0.39 is 11.1 Å². The summed E-state index contributed by atoms with van der Waals surface area (Å²) in [5.74, 6) is 3.35. The lowest BCUT2D eigenvalue weighted by Gasteiger charge is -2.65. The van der Waals surface area contributed by atoms with Gasteiger partial charge in [0.05, 0.1) is 5.41 Å². The van der Waals surface area contributed by atoms with Gasteiger partial charge in [0.25, 0.3) is 0 Å². The van der Waals surface area contributed by atoms with Crippen LogP contribution in [0.2, 0.25) is 0 Å². The van der Waals surface area contributed by atoms with E-state index in [2.05, 4.69) is 22.3 Å². The maximum atomic E-state index is 14.6. The number of rotatable bonds is 8. The number of nitrogens with zero attached hydrogens (tertiary/aromatic N) is 5. The second kappa shape index (κ2) is 7.84. The molecule has 8 aliphatic rings. The van der Waals surface area contributed by atoms with Crippen molar-refractivity contribution in [2.75, 3.05) is 11.4 Å². The van der Waals surface area contributed by atoms with E-state index in [-0.39, 0.29) is 22.2 Å². The molecule has 11 rings (SSSR count). The highest BCUT2D eigenvalue weighted by atomic mass is 19.1. The lowest BCUT2D eigenvalue weighted by atomic mass is 9.41. The number of carbonyl (C=O) groups excluding carboxylic acids is 1. The molecule has 8 fully saturated rings. The summed E-state index contributed by atoms with van der Waals surface area (Å²) in [7, 11) is 0. The summed E-state index contributed by atoms with van der Waals surface area (Å²) in [5, 5.41) is 13.0. The van der Waals surface area contributed by atoms with Crippen LogP contribution < -0.4 is 4.90 Å². The fourth-order valence-electron chi connectivity index (χ4n) is 8.37. The van der Waals surface area contributed by atoms with Crippen molar-refractivity contribution < 1.29 is 18.1 Å². The molecule has 1 aromatic carbocycles. The number of amides is 1. The Balaban J connectivity index is 0.993. The molecule has 8 aliphatic carbocycles. The minimum Gasteiger partial charge on any atom is -0.420 e. The monoisotopic (exact) mass is 557 g/mol. The zero-order valence-electron chi connectivity index (χ0n) is 23.6. The number of benzene rings is 1. The molecule has 3 aromatic rings. The van der Waals surface area contributed by atoms with Gasteiger partial charge in [0.15, 0.2) is 5.82 Å². The lowest BCUT2D eigenvalue weighted by molar-refractivity contribution is -0.211. The molecule has 0 unspecified atom stereocenters. The standard InChI is InChI=1S/C32H36FN5O3/c1-28(7-8-28)26-34-25(37-41-26)30-12-9-29(10-13-30,11-14-30)19-38(27(39)31-16-32(33,17-31)18-31)22-4-2-3-21(15-22)24-36-35-23(40-24)20-5-6-20/h2-4,15,20H,5-14,16-19H2,1H3. The molecule has 214 valence electrons. The molecule has 0 radical (unpaired) electrons. The van der Waals surface area contributed by atoms with Crippen LogP contribution in [0.1, 0.15) is 114 Å². The van der Waals surface area contributed by atoms with E-state index in [1.807, 2.05) is 29.2 Å². The van der Waals surface area contributed by atoms with Gasteiger partial charge in [0.1, 0.15) is 5.67 Å². The third kappa shape index (κ3) is 3.65. The molecular weight excluding hydrogens is 521 g/mol. The van der Waals surface area contributed by atoms with Crippen LogP contribution in [0.3, 0.4) is 0 Å². The molecule has 9 heteroatoms. The predicted molar refractivity (Wildman–Crippen MR) is 147 cm³/mol. The summed E-state index contributed by atoms with van der Waals surface area (Å²) in [4.78, 5) is 21.1. The van der Waals surface area contributed by atoms with Crippen molar-refractivity contribution in [3.05, 3.63) is 41.9 Å². The maximum absolute atomic E-state index is 14.6. The molecule has 2 aromatic heterocycles. The minimum atomic E-state index is -1.12. The van der Waals surface area contributed by atoms with E-state index in [9.17, 15) is 9.18 Å². The van der Waals surface area contributed by atoms with Crippen molar-refractivity contribution >= 4 is 11.6 Å². The smallest absolute Gasteiger partial charge is 0.247 e. The van der Waals surface area contributed by atoms with Gasteiger partial charge >= 0.3 is 0 Å². The number of hydrogen-bond acceptors (Lipinski definition) is 7. The first-order chi connectivity index (χ1) is 19.7. The summed E-state index contributed by atoms with van der Waals surface area (Å²) < 4.78 is 26.3. The van der Waals surface area contributed by atoms with Crippen molar-refractivity contribution in [2.24, 2.45) is 10.8 Å². The van der Waals surface area contributed by atoms with Gasteiger partial charge in [-0.15, -0.1) is 10.2 Å². The summed E-state index contributed by atoms with van der Waals surface area (Å²) >= 11 is 0. The summed E-state index contributed by atoms with van der Waals surface area (Å²) in [6.45, 7) is 2.86. The molecule has 8 saturated carbocycles. The summed E-state index contributed by atoms with van der Waals surface area (Å²) in [6.07, 6.45) is 11.6. The normalized spacial score (nSPS) is 36.0. The molecule has 0 N–H and O–H groups in total. The first-order valence-corrected chi connectivity index (χ1v) is 15.5. The topological polar surface area (TPSA) is 98.2 Å². The number of halogens is 1. The molecule has 8 nitrogen and oxygen atoms in total. The first kappa shape index (κ1) is 24.5. The Labute approximate surface area is 238 Å². The minimum absolute atomic E-state index is 0.0187. The third-order valence-electron chi connectivity index (χ3n) is 11.7. The highest BCUT2D eigenvalue weighted by Gasteiger charge is 2.73. The van der Waals surface area contributed by atoms with Crippen molar-refractivity contribution in [3.8, 4) is 11.5 Å². The van der Waals surface area contributed by atoms with Crippen molar-refractivity contribution in [1.82, 2.24) is 20.3 Å². The van der Waals surface area contributed by atoms with Crippen LogP contribution in [0.4, 0.5) is 10.1 Å². The Morgan fingerprint density at radius 1 is 1.02 bits per heavy atom. The second-order valence-corrected chi connectivity index (χ2v) is 14.9. The van der Waals surface area contributed by atoms with Gasteiger partial charge in [-0.2, -0.15) is 4.98 Å². The Hall–Kier alpha value is -3.10. The zero-order valence-corrected chi connectivity index (χ0v) is 23.6. The number of hydrogen-bond donors (Lipinski definition) is 0. The van der Waals surface area contributed by atoms with E-state index in [0.717, 1.165) is 87.2 Å². The molecule has 1 amide bonds. The van der Waals surface area contributed by atoms with Crippen LogP contribution in [0, 0.1) is 10.8 Å². The van der Waals surface area contributed by atoms with E-state index in [4.69, 9.17) is 13.9 Å². The fourth-order valence-corrected chi connectivity index (χ4v) is 8.37. The van der Waals surface area contributed by atoms with E-state index in [1.165, 1.54) is 0 Å². The Morgan fingerprint density at radius 2 is 1.76 bits per heavy atom. The molecular formula is C32H36FN5O3. The molecule has 0 saturated heterocycles. The SMILES string of the molecule is CC1(c2nc(C34CCC(CN(C(=O)C56CC(F)(C5)C6)c5cccc(-c6nnc(C7CC7)o6)c5)(CC3)CC4)no2)CC1. The van der Waals surface area contributed by atoms with E-state index in [1.54, 1.807) is 0 Å². The molecule has 0 atom stereocenters. The van der Waals surface area contributed by atoms with Crippen molar-refractivity contribution in [3.63, 3.8) is 0 Å². The van der Waals surface area contributed by atoms with Gasteiger partial charge in [-0.05, 0) is 107 Å². The Morgan fingerprint density at radius 3 is 2.41 bits per heavy atom. The van der Waals surface area contributed by atoms with Gasteiger partial charge in [-0.25, -0.2) is 4.39 Å². The number of carbonyl (C=O) groups is 1. The summed E-state index contributed by atoms with van der Waals surface area (Å²) in [6, 6.07) is 7.93. The Kier molecular flexibility index (Phi) is 4.68.